The number of nitrogens with zero attached hydrogens (tertiary/aromatic N) is 3. The summed E-state index contributed by atoms with van der Waals surface area (Å²) in [6, 6.07) is 3.34. The van der Waals surface area contributed by atoms with Gasteiger partial charge < -0.3 is 20.1 Å². The third kappa shape index (κ3) is 3.11. The summed E-state index contributed by atoms with van der Waals surface area (Å²) in [6.07, 6.45) is 1.63. The van der Waals surface area contributed by atoms with E-state index in [4.69, 9.17) is 15.2 Å². The molecule has 110 valence electrons. The van der Waals surface area contributed by atoms with E-state index in [1.807, 2.05) is 4.90 Å². The average molecular weight is 306 g/mol. The largest absolute Gasteiger partial charge is 0.437 e. The number of carbonyl (C=O) groups excluding carboxylic acids is 1. The maximum Gasteiger partial charge on any atom is 0.262 e. The molecule has 0 aromatic carbocycles. The maximum absolute atomic E-state index is 11.3. The molecule has 0 spiro atoms. The summed E-state index contributed by atoms with van der Waals surface area (Å²) in [7, 11) is 0. The Morgan fingerprint density at radius 3 is 2.95 bits per heavy atom. The van der Waals surface area contributed by atoms with Gasteiger partial charge in [0.05, 0.1) is 13.2 Å². The Balaban J connectivity index is 1.79. The standard InChI is InChI=1S/C13H14N4O3S/c14-12(18)11-9(2-8-21-11)20-10-1-3-15-13(16-10)17-4-6-19-7-5-17/h1-3,8H,4-7H2,(H2,14,18). The lowest BCUT2D eigenvalue weighted by Crippen LogP contribution is -2.37. The van der Waals surface area contributed by atoms with Crippen LogP contribution in [0.4, 0.5) is 5.95 Å². The third-order valence-corrected chi connectivity index (χ3v) is 3.89. The number of morpholine rings is 1. The van der Waals surface area contributed by atoms with Crippen molar-refractivity contribution in [1.82, 2.24) is 9.97 Å². The summed E-state index contributed by atoms with van der Waals surface area (Å²) >= 11 is 1.24. The summed E-state index contributed by atoms with van der Waals surface area (Å²) in [5.74, 6) is 0.876. The highest BCUT2D eigenvalue weighted by Gasteiger charge is 2.16. The monoisotopic (exact) mass is 306 g/mol. The van der Waals surface area contributed by atoms with E-state index in [9.17, 15) is 4.79 Å². The summed E-state index contributed by atoms with van der Waals surface area (Å²) in [5.41, 5.74) is 5.30. The first-order valence-corrected chi connectivity index (χ1v) is 7.33. The van der Waals surface area contributed by atoms with Crippen molar-refractivity contribution in [2.75, 3.05) is 31.2 Å². The van der Waals surface area contributed by atoms with Gasteiger partial charge in [-0.05, 0) is 11.4 Å². The zero-order chi connectivity index (χ0) is 14.7. The number of nitrogens with two attached hydrogens (primary N) is 1. The lowest BCUT2D eigenvalue weighted by Gasteiger charge is -2.26. The Bertz CT molecular complexity index is 640. The number of anilines is 1. The molecule has 1 amide bonds. The van der Waals surface area contributed by atoms with E-state index < -0.39 is 5.91 Å². The number of rotatable bonds is 4. The first-order valence-electron chi connectivity index (χ1n) is 6.45. The predicted molar refractivity (Wildman–Crippen MR) is 78.0 cm³/mol. The van der Waals surface area contributed by atoms with Crippen LogP contribution in [0.2, 0.25) is 0 Å². The molecule has 1 fully saturated rings. The second kappa shape index (κ2) is 6.06. The molecule has 2 aromatic heterocycles. The summed E-state index contributed by atoms with van der Waals surface area (Å²) in [6.45, 7) is 2.80. The van der Waals surface area contributed by atoms with Crippen LogP contribution >= 0.6 is 11.3 Å². The van der Waals surface area contributed by atoms with E-state index >= 15 is 0 Å². The average Bonchev–Trinajstić information content (AvgIpc) is 2.97. The highest BCUT2D eigenvalue weighted by Crippen LogP contribution is 2.28. The summed E-state index contributed by atoms with van der Waals surface area (Å²) in [5, 5.41) is 1.75. The van der Waals surface area contributed by atoms with Crippen LogP contribution in [-0.4, -0.2) is 42.2 Å². The molecule has 3 heterocycles. The summed E-state index contributed by atoms with van der Waals surface area (Å²) in [4.78, 5) is 22.3. The van der Waals surface area contributed by atoms with Crippen molar-refractivity contribution in [3.8, 4) is 11.6 Å². The van der Waals surface area contributed by atoms with Crippen LogP contribution in [0.5, 0.6) is 11.6 Å². The molecule has 0 unspecified atom stereocenters. The Labute approximate surface area is 125 Å². The molecule has 2 N–H and O–H groups in total. The van der Waals surface area contributed by atoms with Crippen molar-refractivity contribution >= 4 is 23.2 Å². The van der Waals surface area contributed by atoms with Crippen LogP contribution < -0.4 is 15.4 Å². The Kier molecular flexibility index (Phi) is 3.98. The second-order valence-corrected chi connectivity index (χ2v) is 5.29. The van der Waals surface area contributed by atoms with Crippen molar-refractivity contribution in [3.63, 3.8) is 0 Å². The number of hydrogen-bond acceptors (Lipinski definition) is 7. The zero-order valence-electron chi connectivity index (χ0n) is 11.2. The molecule has 2 aromatic rings. The Morgan fingerprint density at radius 2 is 2.19 bits per heavy atom. The van der Waals surface area contributed by atoms with Gasteiger partial charge in [0.1, 0.15) is 4.88 Å². The van der Waals surface area contributed by atoms with Gasteiger partial charge in [0.25, 0.3) is 5.91 Å². The van der Waals surface area contributed by atoms with Gasteiger partial charge in [-0.15, -0.1) is 11.3 Å². The van der Waals surface area contributed by atoms with Crippen LogP contribution in [0.3, 0.4) is 0 Å². The molecule has 0 bridgehead atoms. The molecule has 0 atom stereocenters. The van der Waals surface area contributed by atoms with Gasteiger partial charge in [0, 0.05) is 25.4 Å². The smallest absolute Gasteiger partial charge is 0.262 e. The molecular weight excluding hydrogens is 292 g/mol. The molecule has 0 saturated carbocycles. The first kappa shape index (κ1) is 13.8. The van der Waals surface area contributed by atoms with Crippen LogP contribution in [0, 0.1) is 0 Å². The van der Waals surface area contributed by atoms with Crippen LogP contribution in [-0.2, 0) is 4.74 Å². The molecule has 3 rings (SSSR count). The van der Waals surface area contributed by atoms with Crippen molar-refractivity contribution in [1.29, 1.82) is 0 Å². The fourth-order valence-corrected chi connectivity index (χ4v) is 2.64. The molecule has 1 saturated heterocycles. The molecule has 0 aliphatic carbocycles. The zero-order valence-corrected chi connectivity index (χ0v) is 12.0. The lowest BCUT2D eigenvalue weighted by atomic mass is 10.4. The van der Waals surface area contributed by atoms with E-state index in [0.717, 1.165) is 13.1 Å². The van der Waals surface area contributed by atoms with Gasteiger partial charge in [-0.3, -0.25) is 4.79 Å². The number of hydrogen-bond donors (Lipinski definition) is 1. The van der Waals surface area contributed by atoms with Crippen molar-refractivity contribution in [2.45, 2.75) is 0 Å². The van der Waals surface area contributed by atoms with Crippen molar-refractivity contribution < 1.29 is 14.3 Å². The number of aromatic nitrogens is 2. The number of primary amides is 1. The topological polar surface area (TPSA) is 90.6 Å². The van der Waals surface area contributed by atoms with Crippen LogP contribution in [0.1, 0.15) is 9.67 Å². The highest BCUT2D eigenvalue weighted by molar-refractivity contribution is 7.12. The minimum Gasteiger partial charge on any atom is -0.437 e. The van der Waals surface area contributed by atoms with Gasteiger partial charge in [-0.1, -0.05) is 0 Å². The number of ether oxygens (including phenoxy) is 2. The minimum atomic E-state index is -0.512. The molecule has 8 heteroatoms. The van der Waals surface area contributed by atoms with Gasteiger partial charge in [0.15, 0.2) is 5.75 Å². The van der Waals surface area contributed by atoms with E-state index in [-0.39, 0.29) is 0 Å². The number of amides is 1. The third-order valence-electron chi connectivity index (χ3n) is 2.98. The molecule has 1 aliphatic heterocycles. The molecule has 7 nitrogen and oxygen atoms in total. The van der Waals surface area contributed by atoms with Gasteiger partial charge in [0.2, 0.25) is 11.8 Å². The normalized spacial score (nSPS) is 15.0. The maximum atomic E-state index is 11.3. The minimum absolute atomic E-state index is 0.376. The van der Waals surface area contributed by atoms with E-state index in [1.165, 1.54) is 11.3 Å². The first-order chi connectivity index (χ1) is 10.2. The second-order valence-electron chi connectivity index (χ2n) is 4.37. The number of thiophene rings is 1. The van der Waals surface area contributed by atoms with Gasteiger partial charge >= 0.3 is 0 Å². The quantitative estimate of drug-likeness (QED) is 0.914. The van der Waals surface area contributed by atoms with E-state index in [2.05, 4.69) is 9.97 Å². The molecule has 21 heavy (non-hydrogen) atoms. The van der Waals surface area contributed by atoms with Crippen molar-refractivity contribution in [3.05, 3.63) is 28.6 Å². The fourth-order valence-electron chi connectivity index (χ4n) is 1.98. The Morgan fingerprint density at radius 1 is 1.38 bits per heavy atom. The molecule has 0 radical (unpaired) electrons. The van der Waals surface area contributed by atoms with E-state index in [0.29, 0.717) is 35.7 Å². The highest BCUT2D eigenvalue weighted by atomic mass is 32.1. The van der Waals surface area contributed by atoms with Gasteiger partial charge in [-0.25, -0.2) is 4.98 Å². The predicted octanol–water partition coefficient (Wildman–Crippen LogP) is 1.27. The fraction of sp³-hybridized carbons (Fsp3) is 0.308. The lowest BCUT2D eigenvalue weighted by molar-refractivity contribution is 0.100. The van der Waals surface area contributed by atoms with Crippen LogP contribution in [0.25, 0.3) is 0 Å². The molecular formula is C13H14N4O3S. The number of carbonyl (C=O) groups is 1. The summed E-state index contributed by atoms with van der Waals surface area (Å²) < 4.78 is 10.9. The van der Waals surface area contributed by atoms with Crippen LogP contribution in [0.15, 0.2) is 23.7 Å². The van der Waals surface area contributed by atoms with Crippen molar-refractivity contribution in [2.24, 2.45) is 5.73 Å². The van der Waals surface area contributed by atoms with E-state index in [1.54, 1.807) is 23.7 Å². The SMILES string of the molecule is NC(=O)c1sccc1Oc1ccnc(N2CCOCC2)n1. The Hall–Kier alpha value is -2.19. The molecule has 1 aliphatic rings. The van der Waals surface area contributed by atoms with Gasteiger partial charge in [-0.2, -0.15) is 4.98 Å².